The highest BCUT2D eigenvalue weighted by molar-refractivity contribution is 7.99. The number of thioether (sulfide) groups is 1. The summed E-state index contributed by atoms with van der Waals surface area (Å²) in [6.45, 7) is 0. The molecule has 10 heteroatoms. The zero-order valence-corrected chi connectivity index (χ0v) is 20.2. The SMILES string of the molecule is COC(=O)c1c(NC(=O)CSc2nnc(-c3ccccc3Cl)n2C)sc2c1CCCCC2. The summed E-state index contributed by atoms with van der Waals surface area (Å²) in [6.07, 6.45) is 5.05. The molecule has 3 aromatic rings. The molecule has 4 rings (SSSR count). The monoisotopic (exact) mass is 490 g/mol. The van der Waals surface area contributed by atoms with Crippen molar-refractivity contribution in [3.05, 3.63) is 45.3 Å². The van der Waals surface area contributed by atoms with Gasteiger partial charge in [-0.25, -0.2) is 4.79 Å². The van der Waals surface area contributed by atoms with Crippen LogP contribution in [-0.4, -0.2) is 39.5 Å². The molecule has 7 nitrogen and oxygen atoms in total. The number of aryl methyl sites for hydroxylation is 1. The quantitative estimate of drug-likeness (QED) is 0.298. The van der Waals surface area contributed by atoms with Gasteiger partial charge in [0.15, 0.2) is 11.0 Å². The molecule has 0 saturated heterocycles. The van der Waals surface area contributed by atoms with Gasteiger partial charge in [0.2, 0.25) is 5.91 Å². The Morgan fingerprint density at radius 3 is 2.78 bits per heavy atom. The van der Waals surface area contributed by atoms with Gasteiger partial charge in [-0.15, -0.1) is 21.5 Å². The summed E-state index contributed by atoms with van der Waals surface area (Å²) >= 11 is 9.04. The Balaban J connectivity index is 1.47. The second-order valence-electron chi connectivity index (χ2n) is 7.44. The molecule has 0 spiro atoms. The number of halogens is 1. The molecule has 0 unspecified atom stereocenters. The van der Waals surface area contributed by atoms with E-state index in [4.69, 9.17) is 16.3 Å². The number of aromatic nitrogens is 3. The number of esters is 1. The van der Waals surface area contributed by atoms with E-state index in [2.05, 4.69) is 15.5 Å². The average molecular weight is 491 g/mol. The molecule has 0 radical (unpaired) electrons. The maximum absolute atomic E-state index is 12.7. The van der Waals surface area contributed by atoms with E-state index in [0.29, 0.717) is 26.6 Å². The highest BCUT2D eigenvalue weighted by Gasteiger charge is 2.26. The smallest absolute Gasteiger partial charge is 0.341 e. The largest absolute Gasteiger partial charge is 0.465 e. The van der Waals surface area contributed by atoms with Crippen LogP contribution in [0.2, 0.25) is 5.02 Å². The van der Waals surface area contributed by atoms with Gasteiger partial charge < -0.3 is 14.6 Å². The van der Waals surface area contributed by atoms with E-state index in [1.54, 1.807) is 6.07 Å². The first kappa shape index (κ1) is 22.8. The molecule has 0 fully saturated rings. The van der Waals surface area contributed by atoms with Gasteiger partial charge >= 0.3 is 5.97 Å². The standard InChI is InChI=1S/C22H23ClN4O3S2/c1-27-19(13-8-6-7-10-15(13)23)25-26-22(27)31-12-17(28)24-20-18(21(29)30-2)14-9-4-3-5-11-16(14)32-20/h6-8,10H,3-5,9,11-12H2,1-2H3,(H,24,28). The number of methoxy groups -OCH3 is 1. The molecule has 2 aromatic heterocycles. The van der Waals surface area contributed by atoms with Crippen molar-refractivity contribution in [1.82, 2.24) is 14.8 Å². The van der Waals surface area contributed by atoms with Crippen molar-refractivity contribution in [3.63, 3.8) is 0 Å². The minimum atomic E-state index is -0.398. The van der Waals surface area contributed by atoms with E-state index in [9.17, 15) is 9.59 Å². The van der Waals surface area contributed by atoms with Crippen LogP contribution in [0.5, 0.6) is 0 Å². The zero-order valence-electron chi connectivity index (χ0n) is 17.8. The third-order valence-corrected chi connectivity index (χ3v) is 7.90. The molecule has 1 aromatic carbocycles. The lowest BCUT2D eigenvalue weighted by Gasteiger charge is -2.08. The van der Waals surface area contributed by atoms with Gasteiger partial charge in [0.05, 0.1) is 23.4 Å². The third kappa shape index (κ3) is 4.69. The number of hydrogen-bond acceptors (Lipinski definition) is 7. The van der Waals surface area contributed by atoms with Gasteiger partial charge in [0.1, 0.15) is 5.00 Å². The number of ether oxygens (including phenoxy) is 1. The number of benzene rings is 1. The summed E-state index contributed by atoms with van der Waals surface area (Å²) in [5, 5.41) is 13.1. The third-order valence-electron chi connectivity index (χ3n) is 5.35. The lowest BCUT2D eigenvalue weighted by Crippen LogP contribution is -2.16. The number of carbonyl (C=O) groups is 2. The molecule has 0 bridgehead atoms. The van der Waals surface area contributed by atoms with Crippen LogP contribution in [0.15, 0.2) is 29.4 Å². The molecule has 2 heterocycles. The van der Waals surface area contributed by atoms with Crippen LogP contribution in [0.3, 0.4) is 0 Å². The average Bonchev–Trinajstić information content (AvgIpc) is 3.22. The first-order chi connectivity index (χ1) is 15.5. The molecule has 1 aliphatic carbocycles. The van der Waals surface area contributed by atoms with Crippen molar-refractivity contribution in [1.29, 1.82) is 0 Å². The molecule has 0 atom stereocenters. The predicted octanol–water partition coefficient (Wildman–Crippen LogP) is 4.98. The van der Waals surface area contributed by atoms with Gasteiger partial charge in [-0.05, 0) is 43.4 Å². The number of nitrogens with one attached hydrogen (secondary N) is 1. The maximum Gasteiger partial charge on any atom is 0.341 e. The van der Waals surface area contributed by atoms with E-state index in [1.165, 1.54) is 35.1 Å². The minimum Gasteiger partial charge on any atom is -0.465 e. The van der Waals surface area contributed by atoms with Crippen molar-refractivity contribution in [2.24, 2.45) is 7.05 Å². The summed E-state index contributed by atoms with van der Waals surface area (Å²) in [7, 11) is 3.21. The van der Waals surface area contributed by atoms with Crippen molar-refractivity contribution < 1.29 is 14.3 Å². The Labute approximate surface area is 199 Å². The van der Waals surface area contributed by atoms with Gasteiger partial charge in [-0.3, -0.25) is 4.79 Å². The number of fused-ring (bicyclic) bond motifs is 1. The van der Waals surface area contributed by atoms with Crippen LogP contribution in [0.4, 0.5) is 5.00 Å². The van der Waals surface area contributed by atoms with Crippen LogP contribution in [0.25, 0.3) is 11.4 Å². The van der Waals surface area contributed by atoms with E-state index >= 15 is 0 Å². The van der Waals surface area contributed by atoms with E-state index < -0.39 is 5.97 Å². The van der Waals surface area contributed by atoms with E-state index in [1.807, 2.05) is 29.8 Å². The van der Waals surface area contributed by atoms with Gasteiger partial charge in [0.25, 0.3) is 0 Å². The molecule has 1 aliphatic rings. The summed E-state index contributed by atoms with van der Waals surface area (Å²) in [6, 6.07) is 7.42. The Bertz CT molecular complexity index is 1160. The predicted molar refractivity (Wildman–Crippen MR) is 128 cm³/mol. The summed E-state index contributed by atoms with van der Waals surface area (Å²) in [5.41, 5.74) is 2.32. The number of rotatable bonds is 6. The summed E-state index contributed by atoms with van der Waals surface area (Å²) in [5.74, 6) is 0.162. The molecule has 32 heavy (non-hydrogen) atoms. The topological polar surface area (TPSA) is 86.1 Å². The molecular weight excluding hydrogens is 468 g/mol. The number of amides is 1. The normalized spacial score (nSPS) is 13.3. The zero-order chi connectivity index (χ0) is 22.7. The second kappa shape index (κ2) is 10.1. The minimum absolute atomic E-state index is 0.137. The van der Waals surface area contributed by atoms with Crippen molar-refractivity contribution in [3.8, 4) is 11.4 Å². The number of anilines is 1. The second-order valence-corrected chi connectivity index (χ2v) is 9.90. The molecule has 1 amide bonds. The lowest BCUT2D eigenvalue weighted by molar-refractivity contribution is -0.113. The molecule has 0 aliphatic heterocycles. The van der Waals surface area contributed by atoms with Crippen LogP contribution >= 0.6 is 34.7 Å². The fourth-order valence-corrected chi connectivity index (χ4v) is 5.98. The molecule has 168 valence electrons. The first-order valence-corrected chi connectivity index (χ1v) is 12.5. The Morgan fingerprint density at radius 1 is 1.22 bits per heavy atom. The summed E-state index contributed by atoms with van der Waals surface area (Å²) in [4.78, 5) is 26.3. The number of carbonyl (C=O) groups excluding carboxylic acids is 2. The van der Waals surface area contributed by atoms with Crippen LogP contribution in [-0.2, 0) is 29.4 Å². The van der Waals surface area contributed by atoms with Crippen LogP contribution in [0.1, 0.15) is 40.1 Å². The summed E-state index contributed by atoms with van der Waals surface area (Å²) < 4.78 is 6.81. The Hall–Kier alpha value is -2.36. The fraction of sp³-hybridized carbons (Fsp3) is 0.364. The van der Waals surface area contributed by atoms with Crippen molar-refractivity contribution >= 4 is 51.6 Å². The van der Waals surface area contributed by atoms with E-state index in [0.717, 1.165) is 43.2 Å². The highest BCUT2D eigenvalue weighted by atomic mass is 35.5. The van der Waals surface area contributed by atoms with Crippen LogP contribution in [0, 0.1) is 0 Å². The van der Waals surface area contributed by atoms with Crippen molar-refractivity contribution in [2.45, 2.75) is 37.3 Å². The molecule has 0 saturated carbocycles. The van der Waals surface area contributed by atoms with Gasteiger partial charge in [-0.2, -0.15) is 0 Å². The Kier molecular flexibility index (Phi) is 7.17. The van der Waals surface area contributed by atoms with Crippen molar-refractivity contribution in [2.75, 3.05) is 18.2 Å². The van der Waals surface area contributed by atoms with Gasteiger partial charge in [-0.1, -0.05) is 41.9 Å². The maximum atomic E-state index is 12.7. The number of nitrogens with zero attached hydrogens (tertiary/aromatic N) is 3. The molecule has 1 N–H and O–H groups in total. The molecular formula is C22H23ClN4O3S2. The first-order valence-electron chi connectivity index (χ1n) is 10.3. The number of hydrogen-bond donors (Lipinski definition) is 1. The Morgan fingerprint density at radius 2 is 2.00 bits per heavy atom. The number of thiophene rings is 1. The lowest BCUT2D eigenvalue weighted by atomic mass is 10.1. The van der Waals surface area contributed by atoms with Gasteiger partial charge in [0, 0.05) is 17.5 Å². The fourth-order valence-electron chi connectivity index (χ4n) is 3.76. The van der Waals surface area contributed by atoms with Crippen LogP contribution < -0.4 is 5.32 Å². The van der Waals surface area contributed by atoms with E-state index in [-0.39, 0.29) is 11.7 Å². The highest BCUT2D eigenvalue weighted by Crippen LogP contribution is 2.38.